The van der Waals surface area contributed by atoms with Crippen LogP contribution in [0.3, 0.4) is 0 Å². The number of carbonyl (C=O) groups is 1. The van der Waals surface area contributed by atoms with Crippen molar-refractivity contribution < 1.29 is 9.32 Å². The Hall–Kier alpha value is -2.37. The number of para-hydroxylation sites is 1. The summed E-state index contributed by atoms with van der Waals surface area (Å²) in [5.74, 6) is 2.28. The van der Waals surface area contributed by atoms with Gasteiger partial charge in [0.2, 0.25) is 5.89 Å². The lowest BCUT2D eigenvalue weighted by Gasteiger charge is -2.35. The van der Waals surface area contributed by atoms with E-state index in [1.165, 1.54) is 6.42 Å². The summed E-state index contributed by atoms with van der Waals surface area (Å²) < 4.78 is 5.11. The van der Waals surface area contributed by atoms with Gasteiger partial charge in [-0.05, 0) is 37.3 Å². The molecule has 1 aliphatic heterocycles. The molecule has 128 valence electrons. The lowest BCUT2D eigenvalue weighted by molar-refractivity contribution is 0.0624. The van der Waals surface area contributed by atoms with Crippen molar-refractivity contribution in [1.29, 1.82) is 0 Å². The van der Waals surface area contributed by atoms with Gasteiger partial charge in [-0.3, -0.25) is 4.79 Å². The van der Waals surface area contributed by atoms with Gasteiger partial charge in [0.25, 0.3) is 5.91 Å². The van der Waals surface area contributed by atoms with Crippen LogP contribution in [0.1, 0.15) is 42.3 Å². The molecule has 2 unspecified atom stereocenters. The first-order chi connectivity index (χ1) is 11.5. The van der Waals surface area contributed by atoms with Crippen LogP contribution in [0.4, 0.5) is 5.69 Å². The highest BCUT2D eigenvalue weighted by atomic mass is 16.5. The van der Waals surface area contributed by atoms with Crippen molar-refractivity contribution in [2.45, 2.75) is 33.7 Å². The molecule has 6 nitrogen and oxygen atoms in total. The standard InChI is InChI=1S/C18H24N4O2/c1-12-8-13(2)11-22(10-12)18(23)15-6-4-5-7-16(15)19-9-17-20-14(3)21-24-17/h4-7,12-13,19H,8-11H2,1-3H3. The number of piperidine rings is 1. The number of nitrogens with zero attached hydrogens (tertiary/aromatic N) is 3. The molecule has 2 atom stereocenters. The second-order valence-electron chi connectivity index (χ2n) is 6.79. The van der Waals surface area contributed by atoms with Crippen LogP contribution in [0.5, 0.6) is 0 Å². The van der Waals surface area contributed by atoms with E-state index in [-0.39, 0.29) is 5.91 Å². The number of amides is 1. The zero-order valence-corrected chi connectivity index (χ0v) is 14.5. The second-order valence-corrected chi connectivity index (χ2v) is 6.79. The molecule has 1 fully saturated rings. The summed E-state index contributed by atoms with van der Waals surface area (Å²) >= 11 is 0. The number of hydrogen-bond acceptors (Lipinski definition) is 5. The fourth-order valence-electron chi connectivity index (χ4n) is 3.41. The Balaban J connectivity index is 1.74. The fourth-order valence-corrected chi connectivity index (χ4v) is 3.41. The largest absolute Gasteiger partial charge is 0.375 e. The van der Waals surface area contributed by atoms with Crippen LogP contribution in [0, 0.1) is 18.8 Å². The average molecular weight is 328 g/mol. The number of nitrogens with one attached hydrogen (secondary N) is 1. The van der Waals surface area contributed by atoms with Gasteiger partial charge >= 0.3 is 0 Å². The van der Waals surface area contributed by atoms with Crippen LogP contribution in [0.25, 0.3) is 0 Å². The fraction of sp³-hybridized carbons (Fsp3) is 0.500. The van der Waals surface area contributed by atoms with Gasteiger partial charge < -0.3 is 14.7 Å². The molecule has 0 spiro atoms. The van der Waals surface area contributed by atoms with Crippen molar-refractivity contribution in [3.05, 3.63) is 41.5 Å². The molecule has 1 aromatic heterocycles. The normalized spacial score (nSPS) is 20.9. The molecule has 0 radical (unpaired) electrons. The Morgan fingerprint density at radius 1 is 1.29 bits per heavy atom. The maximum absolute atomic E-state index is 13.0. The van der Waals surface area contributed by atoms with Gasteiger partial charge in [0.1, 0.15) is 0 Å². The van der Waals surface area contributed by atoms with E-state index < -0.39 is 0 Å². The van der Waals surface area contributed by atoms with Gasteiger partial charge in [-0.25, -0.2) is 0 Å². The number of aromatic nitrogens is 2. The van der Waals surface area contributed by atoms with E-state index >= 15 is 0 Å². The summed E-state index contributed by atoms with van der Waals surface area (Å²) in [5, 5.41) is 7.02. The molecule has 2 heterocycles. The smallest absolute Gasteiger partial charge is 0.255 e. The minimum Gasteiger partial charge on any atom is -0.375 e. The molecule has 24 heavy (non-hydrogen) atoms. The van der Waals surface area contributed by atoms with E-state index in [9.17, 15) is 4.79 Å². The highest BCUT2D eigenvalue weighted by Crippen LogP contribution is 2.25. The highest BCUT2D eigenvalue weighted by Gasteiger charge is 2.27. The van der Waals surface area contributed by atoms with Gasteiger partial charge in [-0.1, -0.05) is 31.1 Å². The van der Waals surface area contributed by atoms with Crippen molar-refractivity contribution in [2.24, 2.45) is 11.8 Å². The third kappa shape index (κ3) is 3.75. The summed E-state index contributed by atoms with van der Waals surface area (Å²) in [6, 6.07) is 7.59. The Kier molecular flexibility index (Phi) is 4.83. The van der Waals surface area contributed by atoms with E-state index in [2.05, 4.69) is 29.3 Å². The van der Waals surface area contributed by atoms with Crippen LogP contribution in [-0.2, 0) is 6.54 Å². The maximum atomic E-state index is 13.0. The van der Waals surface area contributed by atoms with Gasteiger partial charge in [-0.15, -0.1) is 0 Å². The topological polar surface area (TPSA) is 71.3 Å². The third-order valence-electron chi connectivity index (χ3n) is 4.31. The molecule has 0 aliphatic carbocycles. The molecule has 1 N–H and O–H groups in total. The number of carbonyl (C=O) groups excluding carboxylic acids is 1. The van der Waals surface area contributed by atoms with Crippen LogP contribution >= 0.6 is 0 Å². The number of anilines is 1. The van der Waals surface area contributed by atoms with E-state index in [0.717, 1.165) is 18.8 Å². The molecule has 0 bridgehead atoms. The van der Waals surface area contributed by atoms with Gasteiger partial charge in [0, 0.05) is 18.8 Å². The van der Waals surface area contributed by atoms with Gasteiger partial charge in [-0.2, -0.15) is 4.98 Å². The third-order valence-corrected chi connectivity index (χ3v) is 4.31. The summed E-state index contributed by atoms with van der Waals surface area (Å²) in [6.45, 7) is 8.23. The first kappa shape index (κ1) is 16.5. The highest BCUT2D eigenvalue weighted by molar-refractivity contribution is 5.99. The second kappa shape index (κ2) is 7.03. The zero-order valence-electron chi connectivity index (χ0n) is 14.5. The van der Waals surface area contributed by atoms with E-state index in [4.69, 9.17) is 4.52 Å². The Labute approximate surface area is 142 Å². The predicted molar refractivity (Wildman–Crippen MR) is 91.7 cm³/mol. The first-order valence-electron chi connectivity index (χ1n) is 8.44. The SMILES string of the molecule is Cc1noc(CNc2ccccc2C(=O)N2CC(C)CC(C)C2)n1. The summed E-state index contributed by atoms with van der Waals surface area (Å²) in [7, 11) is 0. The number of aryl methyl sites for hydroxylation is 1. The lowest BCUT2D eigenvalue weighted by Crippen LogP contribution is -2.42. The molecule has 2 aromatic rings. The molecular weight excluding hydrogens is 304 g/mol. The number of hydrogen-bond donors (Lipinski definition) is 1. The van der Waals surface area contributed by atoms with Crippen LogP contribution in [0.15, 0.2) is 28.8 Å². The minimum atomic E-state index is 0.0817. The van der Waals surface area contributed by atoms with Crippen LogP contribution in [0.2, 0.25) is 0 Å². The van der Waals surface area contributed by atoms with Crippen molar-refractivity contribution in [3.8, 4) is 0 Å². The molecule has 1 aliphatic rings. The van der Waals surface area contributed by atoms with Crippen molar-refractivity contribution in [2.75, 3.05) is 18.4 Å². The molecule has 3 rings (SSSR count). The number of benzene rings is 1. The van der Waals surface area contributed by atoms with E-state index in [1.54, 1.807) is 6.92 Å². The molecule has 1 aromatic carbocycles. The Morgan fingerprint density at radius 3 is 2.67 bits per heavy atom. The summed E-state index contributed by atoms with van der Waals surface area (Å²) in [6.07, 6.45) is 1.18. The van der Waals surface area contributed by atoms with Crippen molar-refractivity contribution >= 4 is 11.6 Å². The maximum Gasteiger partial charge on any atom is 0.255 e. The quantitative estimate of drug-likeness (QED) is 0.934. The van der Waals surface area contributed by atoms with Crippen molar-refractivity contribution in [1.82, 2.24) is 15.0 Å². The molecule has 1 saturated heterocycles. The monoisotopic (exact) mass is 328 g/mol. The minimum absolute atomic E-state index is 0.0817. The Bertz CT molecular complexity index is 703. The van der Waals surface area contributed by atoms with Gasteiger partial charge in [0.05, 0.1) is 12.1 Å². The van der Waals surface area contributed by atoms with E-state index in [0.29, 0.717) is 35.7 Å². The van der Waals surface area contributed by atoms with E-state index in [1.807, 2.05) is 29.2 Å². The first-order valence-corrected chi connectivity index (χ1v) is 8.44. The number of rotatable bonds is 4. The Morgan fingerprint density at radius 2 is 2.00 bits per heavy atom. The van der Waals surface area contributed by atoms with Crippen molar-refractivity contribution in [3.63, 3.8) is 0 Å². The predicted octanol–water partition coefficient (Wildman–Crippen LogP) is 3.11. The lowest BCUT2D eigenvalue weighted by atomic mass is 9.91. The summed E-state index contributed by atoms with van der Waals surface area (Å²) in [4.78, 5) is 19.1. The summed E-state index contributed by atoms with van der Waals surface area (Å²) in [5.41, 5.74) is 1.49. The van der Waals surface area contributed by atoms with Crippen LogP contribution in [-0.4, -0.2) is 34.0 Å². The van der Waals surface area contributed by atoms with Crippen LogP contribution < -0.4 is 5.32 Å². The molecular formula is C18H24N4O2. The average Bonchev–Trinajstić information content (AvgIpc) is 2.97. The van der Waals surface area contributed by atoms with Gasteiger partial charge in [0.15, 0.2) is 5.82 Å². The molecule has 0 saturated carbocycles. The number of likely N-dealkylation sites (tertiary alicyclic amines) is 1. The zero-order chi connectivity index (χ0) is 17.1. The molecule has 6 heteroatoms. The molecule has 1 amide bonds.